The van der Waals surface area contributed by atoms with Crippen LogP contribution in [0.2, 0.25) is 0 Å². The minimum atomic E-state index is -0.987. The third-order valence-electron chi connectivity index (χ3n) is 6.26. The highest BCUT2D eigenvalue weighted by atomic mass is 15.3. The molecule has 0 radical (unpaired) electrons. The van der Waals surface area contributed by atoms with E-state index in [1.807, 2.05) is 18.2 Å². The lowest BCUT2D eigenvalue weighted by Crippen LogP contribution is -2.52. The Labute approximate surface area is 192 Å². The summed E-state index contributed by atoms with van der Waals surface area (Å²) in [6, 6.07) is 16.8. The standard InChI is InChI=1S/C26H36N6/c1-31(2)24-12-7-10-22(20-24)21-9-6-11-23(19-21)26(27)29-15-13-25(30-26)28-14-8-18-32-16-4-3-5-17-32/h6-7,9-13,15,19-20,28,30H,3-5,8,14,16-18,27H2,1-2H3. The minimum absolute atomic E-state index is 0.913. The Kier molecular flexibility index (Phi) is 7.12. The Morgan fingerprint density at radius 2 is 1.81 bits per heavy atom. The van der Waals surface area contributed by atoms with Gasteiger partial charge in [-0.25, -0.2) is 4.99 Å². The highest BCUT2D eigenvalue weighted by Gasteiger charge is 2.28. The Bertz CT molecular complexity index is 960. The monoisotopic (exact) mass is 432 g/mol. The van der Waals surface area contributed by atoms with Gasteiger partial charge in [-0.2, -0.15) is 0 Å². The fraction of sp³-hybridized carbons (Fsp3) is 0.423. The largest absolute Gasteiger partial charge is 0.378 e. The molecule has 0 aliphatic carbocycles. The second kappa shape index (κ2) is 10.2. The van der Waals surface area contributed by atoms with Gasteiger partial charge in [0.2, 0.25) is 5.79 Å². The lowest BCUT2D eigenvalue weighted by atomic mass is 9.99. The summed E-state index contributed by atoms with van der Waals surface area (Å²) < 4.78 is 0. The van der Waals surface area contributed by atoms with Gasteiger partial charge < -0.3 is 20.4 Å². The molecule has 1 atom stereocenters. The van der Waals surface area contributed by atoms with Gasteiger partial charge in [-0.1, -0.05) is 36.8 Å². The van der Waals surface area contributed by atoms with Crippen molar-refractivity contribution in [2.75, 3.05) is 45.2 Å². The fourth-order valence-corrected chi connectivity index (χ4v) is 4.37. The van der Waals surface area contributed by atoms with Crippen LogP contribution in [0, 0.1) is 0 Å². The zero-order chi connectivity index (χ0) is 22.4. The number of anilines is 1. The number of likely N-dealkylation sites (tertiary alicyclic amines) is 1. The first-order valence-corrected chi connectivity index (χ1v) is 11.7. The predicted molar refractivity (Wildman–Crippen MR) is 135 cm³/mol. The molecule has 0 amide bonds. The van der Waals surface area contributed by atoms with Crippen molar-refractivity contribution in [2.24, 2.45) is 10.7 Å². The second-order valence-corrected chi connectivity index (χ2v) is 8.96. The average Bonchev–Trinajstić information content (AvgIpc) is 2.83. The molecule has 170 valence electrons. The molecule has 2 aliphatic rings. The van der Waals surface area contributed by atoms with E-state index >= 15 is 0 Å². The van der Waals surface area contributed by atoms with E-state index in [4.69, 9.17) is 5.73 Å². The number of nitrogens with zero attached hydrogens (tertiary/aromatic N) is 3. The highest BCUT2D eigenvalue weighted by Crippen LogP contribution is 2.28. The van der Waals surface area contributed by atoms with Gasteiger partial charge in [-0.15, -0.1) is 0 Å². The molecule has 6 nitrogen and oxygen atoms in total. The van der Waals surface area contributed by atoms with Crippen LogP contribution < -0.4 is 21.3 Å². The van der Waals surface area contributed by atoms with E-state index in [0.717, 1.165) is 42.0 Å². The van der Waals surface area contributed by atoms with E-state index in [1.54, 1.807) is 6.21 Å². The smallest absolute Gasteiger partial charge is 0.210 e. The molecule has 2 aliphatic heterocycles. The summed E-state index contributed by atoms with van der Waals surface area (Å²) >= 11 is 0. The van der Waals surface area contributed by atoms with Crippen molar-refractivity contribution >= 4 is 11.9 Å². The molecule has 1 fully saturated rings. The molecular weight excluding hydrogens is 396 g/mol. The number of hydrogen-bond donors (Lipinski definition) is 3. The van der Waals surface area contributed by atoms with Crippen LogP contribution in [0.3, 0.4) is 0 Å². The van der Waals surface area contributed by atoms with Crippen LogP contribution in [0.1, 0.15) is 31.2 Å². The summed E-state index contributed by atoms with van der Waals surface area (Å²) in [5.74, 6) is -0.0692. The fourth-order valence-electron chi connectivity index (χ4n) is 4.37. The number of nitrogens with two attached hydrogens (primary N) is 1. The molecule has 2 aromatic carbocycles. The Morgan fingerprint density at radius 3 is 2.59 bits per heavy atom. The molecular formula is C26H36N6. The summed E-state index contributed by atoms with van der Waals surface area (Å²) in [4.78, 5) is 9.25. The lowest BCUT2D eigenvalue weighted by Gasteiger charge is -2.32. The van der Waals surface area contributed by atoms with Crippen LogP contribution >= 0.6 is 0 Å². The van der Waals surface area contributed by atoms with E-state index in [0.29, 0.717) is 0 Å². The first kappa shape index (κ1) is 22.4. The van der Waals surface area contributed by atoms with E-state index in [-0.39, 0.29) is 0 Å². The van der Waals surface area contributed by atoms with Crippen molar-refractivity contribution in [3.8, 4) is 11.1 Å². The van der Waals surface area contributed by atoms with Crippen LogP contribution in [0.25, 0.3) is 11.1 Å². The maximum Gasteiger partial charge on any atom is 0.210 e. The van der Waals surface area contributed by atoms with Gasteiger partial charge >= 0.3 is 0 Å². The van der Waals surface area contributed by atoms with Crippen molar-refractivity contribution in [1.82, 2.24) is 15.5 Å². The van der Waals surface area contributed by atoms with Crippen molar-refractivity contribution in [3.05, 3.63) is 66.0 Å². The molecule has 4 N–H and O–H groups in total. The predicted octanol–water partition coefficient (Wildman–Crippen LogP) is 3.47. The molecule has 1 saturated heterocycles. The van der Waals surface area contributed by atoms with E-state index in [1.165, 1.54) is 38.0 Å². The first-order valence-electron chi connectivity index (χ1n) is 11.7. The summed E-state index contributed by atoms with van der Waals surface area (Å²) in [7, 11) is 4.11. The zero-order valence-electron chi connectivity index (χ0n) is 19.3. The Hall–Kier alpha value is -2.83. The third kappa shape index (κ3) is 5.50. The number of benzene rings is 2. The lowest BCUT2D eigenvalue weighted by molar-refractivity contribution is 0.226. The second-order valence-electron chi connectivity index (χ2n) is 8.96. The Balaban J connectivity index is 1.39. The van der Waals surface area contributed by atoms with Crippen molar-refractivity contribution in [1.29, 1.82) is 0 Å². The summed E-state index contributed by atoms with van der Waals surface area (Å²) in [6.07, 6.45) is 8.92. The topological polar surface area (TPSA) is 68.9 Å². The van der Waals surface area contributed by atoms with Gasteiger partial charge in [0.05, 0.1) is 0 Å². The molecule has 0 bridgehead atoms. The normalized spacial score (nSPS) is 21.0. The van der Waals surface area contributed by atoms with Crippen LogP contribution in [-0.4, -0.2) is 51.4 Å². The van der Waals surface area contributed by atoms with Gasteiger partial charge in [0.1, 0.15) is 5.82 Å². The van der Waals surface area contributed by atoms with Crippen LogP contribution in [-0.2, 0) is 5.79 Å². The number of nitrogens with one attached hydrogen (secondary N) is 2. The highest BCUT2D eigenvalue weighted by molar-refractivity contribution is 5.74. The van der Waals surface area contributed by atoms with Gasteiger partial charge in [-0.05, 0) is 74.3 Å². The molecule has 0 spiro atoms. The number of piperidine rings is 1. The van der Waals surface area contributed by atoms with E-state index < -0.39 is 5.79 Å². The summed E-state index contributed by atoms with van der Waals surface area (Å²) in [5, 5.41) is 6.90. The maximum atomic E-state index is 6.71. The molecule has 32 heavy (non-hydrogen) atoms. The van der Waals surface area contributed by atoms with Gasteiger partial charge in [0, 0.05) is 38.1 Å². The number of allylic oxidation sites excluding steroid dienone is 1. The van der Waals surface area contributed by atoms with Crippen LogP contribution in [0.15, 0.2) is 65.4 Å². The van der Waals surface area contributed by atoms with E-state index in [9.17, 15) is 0 Å². The van der Waals surface area contributed by atoms with Crippen LogP contribution in [0.4, 0.5) is 5.69 Å². The third-order valence-corrected chi connectivity index (χ3v) is 6.26. The van der Waals surface area contributed by atoms with Crippen molar-refractivity contribution < 1.29 is 0 Å². The molecule has 6 heteroatoms. The molecule has 4 rings (SSSR count). The quantitative estimate of drug-likeness (QED) is 0.558. The average molecular weight is 433 g/mol. The molecule has 0 aromatic heterocycles. The minimum Gasteiger partial charge on any atom is -0.378 e. The van der Waals surface area contributed by atoms with Gasteiger partial charge in [-0.3, -0.25) is 5.73 Å². The summed E-state index contributed by atoms with van der Waals surface area (Å²) in [5.41, 5.74) is 11.1. The first-order chi connectivity index (χ1) is 15.5. The SMILES string of the molecule is CN(C)c1cccc(-c2cccc(C3(N)N=CC=C(NCCCN4CCCCC4)N3)c2)c1. The van der Waals surface area contributed by atoms with Crippen molar-refractivity contribution in [2.45, 2.75) is 31.5 Å². The van der Waals surface area contributed by atoms with Crippen molar-refractivity contribution in [3.63, 3.8) is 0 Å². The maximum absolute atomic E-state index is 6.71. The number of hydrogen-bond acceptors (Lipinski definition) is 6. The number of aliphatic imine (C=N–C) groups is 1. The van der Waals surface area contributed by atoms with Crippen LogP contribution in [0.5, 0.6) is 0 Å². The van der Waals surface area contributed by atoms with Gasteiger partial charge in [0.25, 0.3) is 0 Å². The molecule has 2 heterocycles. The molecule has 2 aromatic rings. The zero-order valence-corrected chi connectivity index (χ0v) is 19.3. The van der Waals surface area contributed by atoms with E-state index in [2.05, 4.69) is 75.9 Å². The summed E-state index contributed by atoms with van der Waals surface area (Å²) in [6.45, 7) is 4.55. The Morgan fingerprint density at radius 1 is 1.06 bits per heavy atom. The molecule has 1 unspecified atom stereocenters. The number of rotatable bonds is 8. The van der Waals surface area contributed by atoms with Gasteiger partial charge in [0.15, 0.2) is 0 Å². The molecule has 0 saturated carbocycles.